The van der Waals surface area contributed by atoms with Gasteiger partial charge in [0.05, 0.1) is 9.79 Å². The molecule has 0 saturated carbocycles. The van der Waals surface area contributed by atoms with Crippen molar-refractivity contribution >= 4 is 15.5 Å². The zero-order valence-electron chi connectivity index (χ0n) is 13.4. The minimum Gasteiger partial charge on any atom is -0.381 e. The van der Waals surface area contributed by atoms with Crippen molar-refractivity contribution < 1.29 is 17.2 Å². The van der Waals surface area contributed by atoms with E-state index < -0.39 is 21.5 Å². The van der Waals surface area contributed by atoms with Crippen LogP contribution < -0.4 is 10.6 Å². The molecular weight excluding hydrogens is 346 g/mol. The molecule has 0 aliphatic carbocycles. The Morgan fingerprint density at radius 3 is 2.40 bits per heavy atom. The fraction of sp³-hybridized carbons (Fsp3) is 0.333. The first-order valence-corrected chi connectivity index (χ1v) is 9.76. The normalized spacial score (nSPS) is 22.6. The fourth-order valence-corrected chi connectivity index (χ4v) is 5.09. The first-order chi connectivity index (χ1) is 11.9. The van der Waals surface area contributed by atoms with Crippen LogP contribution in [0.1, 0.15) is 24.3 Å². The molecule has 2 atom stereocenters. The van der Waals surface area contributed by atoms with E-state index in [1.54, 1.807) is 12.1 Å². The first kappa shape index (κ1) is 16.5. The van der Waals surface area contributed by atoms with Gasteiger partial charge >= 0.3 is 0 Å². The predicted molar refractivity (Wildman–Crippen MR) is 90.5 cm³/mol. The van der Waals surface area contributed by atoms with Gasteiger partial charge in [0, 0.05) is 23.7 Å². The Morgan fingerprint density at radius 1 is 0.920 bits per heavy atom. The Bertz CT molecular complexity index is 910. The highest BCUT2D eigenvalue weighted by atomic mass is 32.2. The van der Waals surface area contributed by atoms with Crippen LogP contribution in [0.4, 0.5) is 14.5 Å². The number of nitrogens with one attached hydrogen (secondary N) is 2. The lowest BCUT2D eigenvalue weighted by molar-refractivity contribution is 0.566. The summed E-state index contributed by atoms with van der Waals surface area (Å²) in [6.07, 6.45) is 1.89. The fourth-order valence-electron chi connectivity index (χ4n) is 3.75. The van der Waals surface area contributed by atoms with Crippen molar-refractivity contribution in [1.82, 2.24) is 5.32 Å². The number of hydrogen-bond acceptors (Lipinski definition) is 4. The number of sulfone groups is 1. The van der Waals surface area contributed by atoms with Crippen LogP contribution in [-0.4, -0.2) is 27.5 Å². The Hall–Kier alpha value is -1.99. The molecule has 0 amide bonds. The lowest BCUT2D eigenvalue weighted by atomic mass is 9.91. The van der Waals surface area contributed by atoms with Gasteiger partial charge in [0.1, 0.15) is 11.6 Å². The summed E-state index contributed by atoms with van der Waals surface area (Å²) in [5, 5.41) is 6.81. The molecule has 0 spiro atoms. The van der Waals surface area contributed by atoms with Crippen LogP contribution in [0.25, 0.3) is 0 Å². The first-order valence-electron chi connectivity index (χ1n) is 8.27. The van der Waals surface area contributed by atoms with E-state index in [9.17, 15) is 17.2 Å². The van der Waals surface area contributed by atoms with Gasteiger partial charge in [-0.3, -0.25) is 0 Å². The number of fused-ring (bicyclic) bond motifs is 3. The summed E-state index contributed by atoms with van der Waals surface area (Å²) >= 11 is 0. The molecule has 2 aromatic carbocycles. The van der Waals surface area contributed by atoms with Crippen LogP contribution in [-0.2, 0) is 9.84 Å². The molecule has 0 unspecified atom stereocenters. The summed E-state index contributed by atoms with van der Waals surface area (Å²) in [6.45, 7) is 1.81. The second-order valence-corrected chi connectivity index (χ2v) is 8.49. The maximum Gasteiger partial charge on any atom is 0.206 e. The smallest absolute Gasteiger partial charge is 0.206 e. The van der Waals surface area contributed by atoms with Gasteiger partial charge in [-0.2, -0.15) is 0 Å². The van der Waals surface area contributed by atoms with Crippen molar-refractivity contribution in [3.05, 3.63) is 53.6 Å². The van der Waals surface area contributed by atoms with Gasteiger partial charge in [-0.25, -0.2) is 17.2 Å². The summed E-state index contributed by atoms with van der Waals surface area (Å²) in [7, 11) is -3.98. The van der Waals surface area contributed by atoms with E-state index in [2.05, 4.69) is 10.6 Å². The molecule has 2 aliphatic heterocycles. The molecule has 4 nitrogen and oxygen atoms in total. The van der Waals surface area contributed by atoms with E-state index in [1.165, 1.54) is 6.07 Å². The van der Waals surface area contributed by atoms with Crippen LogP contribution in [0.15, 0.2) is 46.2 Å². The average molecular weight is 364 g/mol. The van der Waals surface area contributed by atoms with Crippen molar-refractivity contribution in [2.75, 3.05) is 18.4 Å². The third-order valence-electron chi connectivity index (χ3n) is 4.97. The van der Waals surface area contributed by atoms with Crippen molar-refractivity contribution in [3.8, 4) is 0 Å². The molecule has 132 valence electrons. The molecule has 7 heteroatoms. The molecule has 0 bridgehead atoms. The highest BCUT2D eigenvalue weighted by molar-refractivity contribution is 7.91. The van der Waals surface area contributed by atoms with Crippen LogP contribution in [0.3, 0.4) is 0 Å². The molecule has 4 rings (SSSR count). The van der Waals surface area contributed by atoms with Crippen molar-refractivity contribution in [2.24, 2.45) is 0 Å². The quantitative estimate of drug-likeness (QED) is 0.860. The Balaban J connectivity index is 1.76. The zero-order chi connectivity index (χ0) is 17.6. The highest BCUT2D eigenvalue weighted by Gasteiger charge is 2.34. The van der Waals surface area contributed by atoms with E-state index in [1.807, 2.05) is 0 Å². The molecule has 25 heavy (non-hydrogen) atoms. The highest BCUT2D eigenvalue weighted by Crippen LogP contribution is 2.41. The van der Waals surface area contributed by atoms with Gasteiger partial charge in [-0.05, 0) is 61.8 Å². The largest absolute Gasteiger partial charge is 0.381 e. The Kier molecular flexibility index (Phi) is 4.00. The molecule has 2 aliphatic rings. The van der Waals surface area contributed by atoms with E-state index >= 15 is 0 Å². The Labute approximate surface area is 145 Å². The number of anilines is 1. The predicted octanol–water partition coefficient (Wildman–Crippen LogP) is 3.06. The third kappa shape index (κ3) is 2.91. The summed E-state index contributed by atoms with van der Waals surface area (Å²) in [6, 6.07) is 7.54. The van der Waals surface area contributed by atoms with Crippen LogP contribution in [0.2, 0.25) is 0 Å². The minimum absolute atomic E-state index is 0.0657. The van der Waals surface area contributed by atoms with Crippen LogP contribution >= 0.6 is 0 Å². The standard InChI is InChI=1S/C18H18F2N2O2S/c19-11-7-12(20)9-14(8-11)25(23,24)13-1-2-17-16(10-13)15-3-5-21-6-4-18(15)22-17/h1-2,7-10,15,18,21-22H,3-6H2/t15-,18+/m1/s1. The van der Waals surface area contributed by atoms with Gasteiger partial charge in [-0.15, -0.1) is 0 Å². The zero-order valence-corrected chi connectivity index (χ0v) is 14.2. The van der Waals surface area contributed by atoms with Crippen molar-refractivity contribution in [3.63, 3.8) is 0 Å². The lowest BCUT2D eigenvalue weighted by Gasteiger charge is -2.16. The van der Waals surface area contributed by atoms with Gasteiger partial charge in [-0.1, -0.05) is 0 Å². The molecule has 0 radical (unpaired) electrons. The SMILES string of the molecule is O=S(=O)(c1cc(F)cc(F)c1)c1ccc2c(c1)[C@H]1CCNCC[C@@H]1N2. The van der Waals surface area contributed by atoms with Crippen molar-refractivity contribution in [2.45, 2.75) is 34.6 Å². The summed E-state index contributed by atoms with van der Waals surface area (Å²) < 4.78 is 52.5. The number of halogens is 2. The number of benzene rings is 2. The molecule has 1 saturated heterocycles. The molecule has 2 aromatic rings. The maximum atomic E-state index is 13.4. The molecular formula is C18H18F2N2O2S. The van der Waals surface area contributed by atoms with E-state index in [4.69, 9.17) is 0 Å². The Morgan fingerprint density at radius 2 is 1.64 bits per heavy atom. The van der Waals surface area contributed by atoms with Gasteiger partial charge < -0.3 is 10.6 Å². The minimum atomic E-state index is -3.98. The third-order valence-corrected chi connectivity index (χ3v) is 6.70. The van der Waals surface area contributed by atoms with Gasteiger partial charge in [0.2, 0.25) is 9.84 Å². The van der Waals surface area contributed by atoms with Crippen LogP contribution in [0, 0.1) is 11.6 Å². The second kappa shape index (κ2) is 6.07. The van der Waals surface area contributed by atoms with E-state index in [0.717, 1.165) is 49.3 Å². The van der Waals surface area contributed by atoms with E-state index in [-0.39, 0.29) is 21.8 Å². The topological polar surface area (TPSA) is 58.2 Å². The molecule has 1 fully saturated rings. The monoisotopic (exact) mass is 364 g/mol. The van der Waals surface area contributed by atoms with Gasteiger partial charge in [0.15, 0.2) is 0 Å². The summed E-state index contributed by atoms with van der Waals surface area (Å²) in [4.78, 5) is -0.300. The number of rotatable bonds is 2. The van der Waals surface area contributed by atoms with E-state index in [0.29, 0.717) is 6.07 Å². The maximum absolute atomic E-state index is 13.4. The lowest BCUT2D eigenvalue weighted by Crippen LogP contribution is -2.21. The average Bonchev–Trinajstić information content (AvgIpc) is 2.74. The molecule has 0 aromatic heterocycles. The summed E-state index contributed by atoms with van der Waals surface area (Å²) in [5.41, 5.74) is 1.91. The number of hydrogen-bond donors (Lipinski definition) is 2. The second-order valence-electron chi connectivity index (χ2n) is 6.54. The van der Waals surface area contributed by atoms with Crippen molar-refractivity contribution in [1.29, 1.82) is 0 Å². The molecule has 2 heterocycles. The van der Waals surface area contributed by atoms with Crippen LogP contribution in [0.5, 0.6) is 0 Å². The van der Waals surface area contributed by atoms with Gasteiger partial charge in [0.25, 0.3) is 0 Å². The summed E-state index contributed by atoms with van der Waals surface area (Å²) in [5.74, 6) is -1.57. The molecule has 2 N–H and O–H groups in total.